The second kappa shape index (κ2) is 10.5. The Kier molecular flexibility index (Phi) is 8.63. The van der Waals surface area contributed by atoms with Gasteiger partial charge in [-0.25, -0.2) is 0 Å². The van der Waals surface area contributed by atoms with Gasteiger partial charge in [0.1, 0.15) is 0 Å². The van der Waals surface area contributed by atoms with Crippen LogP contribution in [0.15, 0.2) is 35.3 Å². The van der Waals surface area contributed by atoms with Gasteiger partial charge in [-0.2, -0.15) is 0 Å². The second-order valence-electron chi connectivity index (χ2n) is 6.16. The molecule has 0 aliphatic heterocycles. The van der Waals surface area contributed by atoms with Crippen LogP contribution in [0.4, 0.5) is 0 Å². The molecular formula is C18H29N5O2. The average Bonchev–Trinajstić information content (AvgIpc) is 2.62. The normalized spacial score (nSPS) is 14.2. The van der Waals surface area contributed by atoms with E-state index in [1.807, 2.05) is 19.9 Å². The molecule has 1 amide bonds. The first-order valence-corrected chi connectivity index (χ1v) is 8.57. The summed E-state index contributed by atoms with van der Waals surface area (Å²) in [6, 6.07) is 7.65. The van der Waals surface area contributed by atoms with Crippen LogP contribution in [0, 0.1) is 5.92 Å². The molecule has 0 radical (unpaired) electrons. The topological polar surface area (TPSA) is 137 Å². The molecule has 138 valence electrons. The lowest BCUT2D eigenvalue weighted by Crippen LogP contribution is -2.51. The van der Waals surface area contributed by atoms with E-state index < -0.39 is 12.1 Å². The lowest BCUT2D eigenvalue weighted by Gasteiger charge is -2.25. The summed E-state index contributed by atoms with van der Waals surface area (Å²) in [7, 11) is 0. The third kappa shape index (κ3) is 6.93. The molecule has 0 unspecified atom stereocenters. The summed E-state index contributed by atoms with van der Waals surface area (Å²) in [5.41, 5.74) is 17.0. The van der Waals surface area contributed by atoms with Crippen molar-refractivity contribution in [1.29, 1.82) is 0 Å². The predicted octanol–water partition coefficient (Wildman–Crippen LogP) is 0.781. The van der Waals surface area contributed by atoms with Crippen LogP contribution in [0.2, 0.25) is 0 Å². The van der Waals surface area contributed by atoms with Crippen molar-refractivity contribution in [2.24, 2.45) is 28.1 Å². The number of carbonyl (C=O) groups is 2. The molecule has 0 aliphatic carbocycles. The standard InChI is InChI=1S/C18H29N5O2/c1-3-12(2)15(16(24)13-8-5-4-6-9-13)23-17(25)14(19)10-7-11-22-18(20)21/h4-6,8-9,12,14-15H,3,7,10-11,19H2,1-2H3,(H,23,25)(H4,20,21,22)/t12-,14+,15-/m1/s1. The number of benzene rings is 1. The number of aliphatic imine (C=N–C) groups is 1. The summed E-state index contributed by atoms with van der Waals surface area (Å²) >= 11 is 0. The van der Waals surface area contributed by atoms with Gasteiger partial charge in [0.05, 0.1) is 12.1 Å². The van der Waals surface area contributed by atoms with Crippen molar-refractivity contribution in [3.05, 3.63) is 35.9 Å². The Balaban J connectivity index is 2.70. The van der Waals surface area contributed by atoms with E-state index in [0.29, 0.717) is 24.9 Å². The quantitative estimate of drug-likeness (QED) is 0.214. The number of ketones is 1. The van der Waals surface area contributed by atoms with E-state index in [-0.39, 0.29) is 23.6 Å². The molecule has 25 heavy (non-hydrogen) atoms. The molecule has 7 nitrogen and oxygen atoms in total. The highest BCUT2D eigenvalue weighted by atomic mass is 16.2. The first-order valence-electron chi connectivity index (χ1n) is 8.57. The number of amides is 1. The number of nitrogens with one attached hydrogen (secondary N) is 1. The minimum atomic E-state index is -0.704. The average molecular weight is 347 g/mol. The van der Waals surface area contributed by atoms with E-state index in [0.717, 1.165) is 6.42 Å². The number of guanidine groups is 1. The molecular weight excluding hydrogens is 318 g/mol. The van der Waals surface area contributed by atoms with Crippen LogP contribution in [0.25, 0.3) is 0 Å². The molecule has 1 aromatic rings. The van der Waals surface area contributed by atoms with Crippen LogP contribution in [-0.2, 0) is 4.79 Å². The highest BCUT2D eigenvalue weighted by Crippen LogP contribution is 2.14. The molecule has 0 heterocycles. The fourth-order valence-electron chi connectivity index (χ4n) is 2.39. The van der Waals surface area contributed by atoms with Gasteiger partial charge in [0, 0.05) is 12.1 Å². The zero-order chi connectivity index (χ0) is 18.8. The van der Waals surface area contributed by atoms with Crippen molar-refractivity contribution in [2.75, 3.05) is 6.54 Å². The Bertz CT molecular complexity index is 584. The van der Waals surface area contributed by atoms with Gasteiger partial charge in [0.15, 0.2) is 11.7 Å². The van der Waals surface area contributed by atoms with E-state index in [9.17, 15) is 9.59 Å². The Morgan fingerprint density at radius 3 is 2.40 bits per heavy atom. The smallest absolute Gasteiger partial charge is 0.237 e. The summed E-state index contributed by atoms with van der Waals surface area (Å²) in [6.07, 6.45) is 1.80. The third-order valence-electron chi connectivity index (χ3n) is 4.16. The second-order valence-corrected chi connectivity index (χ2v) is 6.16. The molecule has 0 saturated carbocycles. The number of hydrogen-bond acceptors (Lipinski definition) is 4. The number of carbonyl (C=O) groups excluding carboxylic acids is 2. The molecule has 1 aromatic carbocycles. The van der Waals surface area contributed by atoms with Crippen molar-refractivity contribution in [2.45, 2.75) is 45.2 Å². The lowest BCUT2D eigenvalue weighted by molar-refractivity contribution is -0.123. The van der Waals surface area contributed by atoms with Crippen LogP contribution in [-0.4, -0.2) is 36.3 Å². The monoisotopic (exact) mass is 347 g/mol. The van der Waals surface area contributed by atoms with Crippen molar-refractivity contribution in [3.8, 4) is 0 Å². The number of hydrogen-bond donors (Lipinski definition) is 4. The summed E-state index contributed by atoms with van der Waals surface area (Å²) in [4.78, 5) is 29.0. The fraction of sp³-hybridized carbons (Fsp3) is 0.500. The van der Waals surface area contributed by atoms with Crippen LogP contribution < -0.4 is 22.5 Å². The molecule has 0 bridgehead atoms. The van der Waals surface area contributed by atoms with Gasteiger partial charge in [0.25, 0.3) is 0 Å². The Hall–Kier alpha value is -2.41. The molecule has 0 aromatic heterocycles. The number of rotatable bonds is 10. The number of nitrogens with zero attached hydrogens (tertiary/aromatic N) is 1. The Morgan fingerprint density at radius 1 is 1.20 bits per heavy atom. The highest BCUT2D eigenvalue weighted by molar-refractivity contribution is 6.02. The summed E-state index contributed by atoms with van der Waals surface area (Å²) in [5.74, 6) is -0.413. The fourth-order valence-corrected chi connectivity index (χ4v) is 2.39. The minimum absolute atomic E-state index is 0.00509. The molecule has 0 spiro atoms. The predicted molar refractivity (Wildman–Crippen MR) is 100 cm³/mol. The maximum absolute atomic E-state index is 12.7. The summed E-state index contributed by atoms with van der Waals surface area (Å²) in [6.45, 7) is 4.34. The highest BCUT2D eigenvalue weighted by Gasteiger charge is 2.28. The zero-order valence-corrected chi connectivity index (χ0v) is 14.9. The zero-order valence-electron chi connectivity index (χ0n) is 14.9. The van der Waals surface area contributed by atoms with Crippen molar-refractivity contribution < 1.29 is 9.59 Å². The molecule has 1 rings (SSSR count). The first kappa shape index (κ1) is 20.6. The van der Waals surface area contributed by atoms with E-state index >= 15 is 0 Å². The molecule has 7 N–H and O–H groups in total. The molecule has 0 fully saturated rings. The largest absolute Gasteiger partial charge is 0.370 e. The first-order chi connectivity index (χ1) is 11.9. The Morgan fingerprint density at radius 2 is 1.84 bits per heavy atom. The van der Waals surface area contributed by atoms with E-state index in [1.165, 1.54) is 0 Å². The van der Waals surface area contributed by atoms with Gasteiger partial charge in [-0.1, -0.05) is 50.6 Å². The van der Waals surface area contributed by atoms with Crippen molar-refractivity contribution in [3.63, 3.8) is 0 Å². The molecule has 0 saturated heterocycles. The summed E-state index contributed by atoms with van der Waals surface area (Å²) < 4.78 is 0. The van der Waals surface area contributed by atoms with Crippen molar-refractivity contribution >= 4 is 17.6 Å². The lowest BCUT2D eigenvalue weighted by atomic mass is 9.91. The van der Waals surface area contributed by atoms with Gasteiger partial charge in [-0.05, 0) is 18.8 Å². The summed E-state index contributed by atoms with van der Waals surface area (Å²) in [5, 5.41) is 2.82. The van der Waals surface area contributed by atoms with E-state index in [4.69, 9.17) is 17.2 Å². The molecule has 7 heteroatoms. The molecule has 0 aliphatic rings. The third-order valence-corrected chi connectivity index (χ3v) is 4.16. The SMILES string of the molecule is CC[C@@H](C)[C@@H](NC(=O)[C@@H](N)CCCN=C(N)N)C(=O)c1ccccc1. The Labute approximate surface area is 149 Å². The van der Waals surface area contributed by atoms with Crippen LogP contribution >= 0.6 is 0 Å². The molecule has 3 atom stereocenters. The van der Waals surface area contributed by atoms with Crippen LogP contribution in [0.5, 0.6) is 0 Å². The van der Waals surface area contributed by atoms with Crippen LogP contribution in [0.3, 0.4) is 0 Å². The van der Waals surface area contributed by atoms with Gasteiger partial charge >= 0.3 is 0 Å². The van der Waals surface area contributed by atoms with E-state index in [2.05, 4.69) is 10.3 Å². The maximum atomic E-state index is 12.7. The minimum Gasteiger partial charge on any atom is -0.370 e. The number of Topliss-reactive ketones (excluding diaryl/α,β-unsaturated/α-hetero) is 1. The number of nitrogens with two attached hydrogens (primary N) is 3. The van der Waals surface area contributed by atoms with Gasteiger partial charge in [-0.15, -0.1) is 0 Å². The van der Waals surface area contributed by atoms with Crippen LogP contribution in [0.1, 0.15) is 43.5 Å². The van der Waals surface area contributed by atoms with Gasteiger partial charge in [0.2, 0.25) is 5.91 Å². The maximum Gasteiger partial charge on any atom is 0.237 e. The van der Waals surface area contributed by atoms with Gasteiger partial charge in [-0.3, -0.25) is 14.6 Å². The van der Waals surface area contributed by atoms with Gasteiger partial charge < -0.3 is 22.5 Å². The van der Waals surface area contributed by atoms with E-state index in [1.54, 1.807) is 24.3 Å². The van der Waals surface area contributed by atoms with Crippen molar-refractivity contribution in [1.82, 2.24) is 5.32 Å².